The molecular weight excluding hydrogens is 236 g/mol. The second-order valence-electron chi connectivity index (χ2n) is 6.07. The van der Waals surface area contributed by atoms with Crippen molar-refractivity contribution in [2.75, 3.05) is 26.7 Å². The molecule has 1 fully saturated rings. The van der Waals surface area contributed by atoms with Crippen molar-refractivity contribution in [3.63, 3.8) is 0 Å². The Labute approximate surface area is 115 Å². The van der Waals surface area contributed by atoms with Gasteiger partial charge in [-0.1, -0.05) is 24.3 Å². The van der Waals surface area contributed by atoms with Crippen molar-refractivity contribution < 1.29 is 4.74 Å². The first-order chi connectivity index (χ1) is 9.22. The third-order valence-electron chi connectivity index (χ3n) is 4.69. The second-order valence-corrected chi connectivity index (χ2v) is 6.07. The van der Waals surface area contributed by atoms with Gasteiger partial charge in [-0.25, -0.2) is 0 Å². The smallest absolute Gasteiger partial charge is 0.0777 e. The van der Waals surface area contributed by atoms with Gasteiger partial charge in [0.15, 0.2) is 0 Å². The molecule has 3 rings (SSSR count). The van der Waals surface area contributed by atoms with Gasteiger partial charge in [0.05, 0.1) is 5.60 Å². The molecule has 1 aromatic carbocycles. The van der Waals surface area contributed by atoms with E-state index in [9.17, 15) is 0 Å². The molecule has 3 heteroatoms. The number of nitrogens with one attached hydrogen (secondary N) is 1. The fourth-order valence-corrected chi connectivity index (χ4v) is 3.48. The molecule has 1 saturated heterocycles. The minimum atomic E-state index is 0.0185. The maximum atomic E-state index is 5.73. The highest BCUT2D eigenvalue weighted by Crippen LogP contribution is 2.33. The number of hydrogen-bond acceptors (Lipinski definition) is 3. The fourth-order valence-electron chi connectivity index (χ4n) is 3.48. The number of likely N-dealkylation sites (tertiary alicyclic amines) is 1. The number of rotatable bonds is 2. The molecule has 1 N–H and O–H groups in total. The van der Waals surface area contributed by atoms with Crippen LogP contribution in [-0.4, -0.2) is 37.2 Å². The van der Waals surface area contributed by atoms with Crippen LogP contribution in [0.15, 0.2) is 24.3 Å². The van der Waals surface area contributed by atoms with Crippen LogP contribution in [0.25, 0.3) is 0 Å². The molecule has 2 unspecified atom stereocenters. The van der Waals surface area contributed by atoms with E-state index >= 15 is 0 Å². The SMILES string of the molecule is COC1(C)CCCN(C2CNCc3ccccc32)C1. The van der Waals surface area contributed by atoms with Gasteiger partial charge in [-0.3, -0.25) is 4.90 Å². The molecule has 0 radical (unpaired) electrons. The molecule has 0 bridgehead atoms. The molecule has 2 aliphatic heterocycles. The molecule has 1 aromatic rings. The largest absolute Gasteiger partial charge is 0.377 e. The first kappa shape index (κ1) is 13.1. The minimum Gasteiger partial charge on any atom is -0.377 e. The van der Waals surface area contributed by atoms with Gasteiger partial charge in [-0.05, 0) is 37.4 Å². The molecular formula is C16H24N2O. The summed E-state index contributed by atoms with van der Waals surface area (Å²) >= 11 is 0. The predicted octanol–water partition coefficient (Wildman–Crippen LogP) is 2.33. The average molecular weight is 260 g/mol. The summed E-state index contributed by atoms with van der Waals surface area (Å²) in [4.78, 5) is 2.60. The van der Waals surface area contributed by atoms with E-state index in [1.54, 1.807) is 0 Å². The van der Waals surface area contributed by atoms with E-state index in [1.165, 1.54) is 30.5 Å². The van der Waals surface area contributed by atoms with Crippen LogP contribution in [0.2, 0.25) is 0 Å². The van der Waals surface area contributed by atoms with Crippen LogP contribution in [-0.2, 0) is 11.3 Å². The van der Waals surface area contributed by atoms with Crippen LogP contribution in [0.1, 0.15) is 36.9 Å². The molecule has 0 amide bonds. The molecule has 19 heavy (non-hydrogen) atoms. The van der Waals surface area contributed by atoms with Crippen LogP contribution in [0, 0.1) is 0 Å². The lowest BCUT2D eigenvalue weighted by Gasteiger charge is -2.44. The maximum absolute atomic E-state index is 5.73. The van der Waals surface area contributed by atoms with E-state index in [-0.39, 0.29) is 5.60 Å². The molecule has 0 aromatic heterocycles. The van der Waals surface area contributed by atoms with E-state index in [0.29, 0.717) is 6.04 Å². The average Bonchev–Trinajstić information content (AvgIpc) is 2.47. The monoisotopic (exact) mass is 260 g/mol. The number of methoxy groups -OCH3 is 1. The number of piperidine rings is 1. The Morgan fingerprint density at radius 2 is 2.21 bits per heavy atom. The number of nitrogens with zero attached hydrogens (tertiary/aromatic N) is 1. The summed E-state index contributed by atoms with van der Waals surface area (Å²) in [5, 5.41) is 3.55. The third kappa shape index (κ3) is 2.55. The Morgan fingerprint density at radius 1 is 1.37 bits per heavy atom. The highest BCUT2D eigenvalue weighted by Gasteiger charge is 2.35. The predicted molar refractivity (Wildman–Crippen MR) is 77.1 cm³/mol. The van der Waals surface area contributed by atoms with E-state index in [4.69, 9.17) is 4.74 Å². The lowest BCUT2D eigenvalue weighted by molar-refractivity contribution is -0.0622. The Morgan fingerprint density at radius 3 is 3.05 bits per heavy atom. The standard InChI is InChI=1S/C16H24N2O/c1-16(19-2)8-5-9-18(12-16)15-11-17-10-13-6-3-4-7-14(13)15/h3-4,6-7,15,17H,5,8-12H2,1-2H3. The number of hydrogen-bond donors (Lipinski definition) is 1. The fraction of sp³-hybridized carbons (Fsp3) is 0.625. The van der Waals surface area contributed by atoms with Crippen LogP contribution >= 0.6 is 0 Å². The Kier molecular flexibility index (Phi) is 3.61. The van der Waals surface area contributed by atoms with Gasteiger partial charge in [0, 0.05) is 32.8 Å². The first-order valence-corrected chi connectivity index (χ1v) is 7.30. The maximum Gasteiger partial charge on any atom is 0.0777 e. The van der Waals surface area contributed by atoms with Gasteiger partial charge in [0.1, 0.15) is 0 Å². The third-order valence-corrected chi connectivity index (χ3v) is 4.69. The highest BCUT2D eigenvalue weighted by molar-refractivity contribution is 5.32. The lowest BCUT2D eigenvalue weighted by Crippen LogP contribution is -2.51. The van der Waals surface area contributed by atoms with E-state index < -0.39 is 0 Å². The van der Waals surface area contributed by atoms with Crippen LogP contribution in [0.3, 0.4) is 0 Å². The summed E-state index contributed by atoms with van der Waals surface area (Å²) in [6, 6.07) is 9.34. The second kappa shape index (κ2) is 5.23. The summed E-state index contributed by atoms with van der Waals surface area (Å²) in [5.41, 5.74) is 2.97. The van der Waals surface area contributed by atoms with Crippen molar-refractivity contribution in [1.82, 2.24) is 10.2 Å². The van der Waals surface area contributed by atoms with Crippen molar-refractivity contribution in [1.29, 1.82) is 0 Å². The first-order valence-electron chi connectivity index (χ1n) is 7.30. The van der Waals surface area contributed by atoms with Gasteiger partial charge in [-0.2, -0.15) is 0 Å². The summed E-state index contributed by atoms with van der Waals surface area (Å²) < 4.78 is 5.73. The van der Waals surface area contributed by atoms with Crippen LogP contribution in [0.4, 0.5) is 0 Å². The summed E-state index contributed by atoms with van der Waals surface area (Å²) in [5.74, 6) is 0. The molecule has 104 valence electrons. The molecule has 3 nitrogen and oxygen atoms in total. The number of fused-ring (bicyclic) bond motifs is 1. The summed E-state index contributed by atoms with van der Waals surface area (Å²) in [6.07, 6.45) is 2.39. The number of benzene rings is 1. The molecule has 0 spiro atoms. The van der Waals surface area contributed by atoms with E-state index in [0.717, 1.165) is 19.6 Å². The van der Waals surface area contributed by atoms with Gasteiger partial charge in [0.2, 0.25) is 0 Å². The quantitative estimate of drug-likeness (QED) is 0.883. The molecule has 2 atom stereocenters. The van der Waals surface area contributed by atoms with Gasteiger partial charge >= 0.3 is 0 Å². The van der Waals surface area contributed by atoms with Crippen LogP contribution in [0.5, 0.6) is 0 Å². The van der Waals surface area contributed by atoms with Crippen molar-refractivity contribution in [3.8, 4) is 0 Å². The molecule has 2 aliphatic rings. The zero-order valence-electron chi connectivity index (χ0n) is 12.0. The van der Waals surface area contributed by atoms with Crippen molar-refractivity contribution in [3.05, 3.63) is 35.4 Å². The zero-order chi connectivity index (χ0) is 13.3. The zero-order valence-corrected chi connectivity index (χ0v) is 12.0. The van der Waals surface area contributed by atoms with Crippen molar-refractivity contribution >= 4 is 0 Å². The molecule has 2 heterocycles. The van der Waals surface area contributed by atoms with Gasteiger partial charge in [-0.15, -0.1) is 0 Å². The Bertz CT molecular complexity index is 448. The highest BCUT2D eigenvalue weighted by atomic mass is 16.5. The lowest BCUT2D eigenvalue weighted by atomic mass is 9.89. The summed E-state index contributed by atoms with van der Waals surface area (Å²) in [6.45, 7) is 6.50. The normalized spacial score (nSPS) is 32.0. The summed E-state index contributed by atoms with van der Waals surface area (Å²) in [7, 11) is 1.84. The number of ether oxygens (including phenoxy) is 1. The van der Waals surface area contributed by atoms with Crippen molar-refractivity contribution in [2.24, 2.45) is 0 Å². The minimum absolute atomic E-state index is 0.0185. The van der Waals surface area contributed by atoms with E-state index in [1.807, 2.05) is 7.11 Å². The molecule has 0 saturated carbocycles. The van der Waals surface area contributed by atoms with E-state index in [2.05, 4.69) is 41.4 Å². The topological polar surface area (TPSA) is 24.5 Å². The molecule has 0 aliphatic carbocycles. The Hall–Kier alpha value is -0.900. The van der Waals surface area contributed by atoms with Crippen LogP contribution < -0.4 is 5.32 Å². The van der Waals surface area contributed by atoms with Crippen molar-refractivity contribution in [2.45, 2.75) is 38.0 Å². The Balaban J connectivity index is 1.83. The van der Waals surface area contributed by atoms with Gasteiger partial charge in [0.25, 0.3) is 0 Å². The van der Waals surface area contributed by atoms with Gasteiger partial charge < -0.3 is 10.1 Å².